The molecule has 6 heteroatoms. The first kappa shape index (κ1) is 18.4. The molecule has 2 N–H and O–H groups in total. The van der Waals surface area contributed by atoms with Gasteiger partial charge < -0.3 is 19.5 Å². The van der Waals surface area contributed by atoms with Gasteiger partial charge in [0, 0.05) is 34.1 Å². The number of aliphatic hydroxyl groups excluding tert-OH is 1. The fraction of sp³-hybridized carbons (Fsp3) is 0.261. The zero-order valence-electron chi connectivity index (χ0n) is 16.1. The largest absolute Gasteiger partial charge is 0.497 e. The van der Waals surface area contributed by atoms with Crippen molar-refractivity contribution in [2.24, 2.45) is 0 Å². The van der Waals surface area contributed by atoms with Gasteiger partial charge in [0.1, 0.15) is 10.8 Å². The normalized spacial score (nSPS) is 14.1. The number of aliphatic hydroxyl groups is 2. The van der Waals surface area contributed by atoms with Crippen LogP contribution in [0.1, 0.15) is 41.2 Å². The van der Waals surface area contributed by atoms with Gasteiger partial charge >= 0.3 is 0 Å². The molecule has 1 aliphatic rings. The van der Waals surface area contributed by atoms with Crippen LogP contribution in [0.25, 0.3) is 21.5 Å². The summed E-state index contributed by atoms with van der Waals surface area (Å²) in [6.45, 7) is 0.505. The van der Waals surface area contributed by atoms with E-state index in [0.717, 1.165) is 32.8 Å². The fourth-order valence-electron chi connectivity index (χ4n) is 3.90. The van der Waals surface area contributed by atoms with Crippen molar-refractivity contribution >= 4 is 22.2 Å². The SMILES string of the molecule is COc1cccc(Cn2c(C(O)O)c(-c3ncc(C4CC4)s3)c3ccccc32)c1. The number of hydrogen-bond donors (Lipinski definition) is 2. The molecule has 5 nitrogen and oxygen atoms in total. The molecule has 1 aliphatic carbocycles. The van der Waals surface area contributed by atoms with Crippen molar-refractivity contribution in [1.29, 1.82) is 0 Å². The summed E-state index contributed by atoms with van der Waals surface area (Å²) in [5.74, 6) is 1.40. The van der Waals surface area contributed by atoms with E-state index >= 15 is 0 Å². The van der Waals surface area contributed by atoms with Crippen molar-refractivity contribution in [3.63, 3.8) is 0 Å². The molecular weight excluding hydrogens is 384 g/mol. The summed E-state index contributed by atoms with van der Waals surface area (Å²) in [7, 11) is 1.64. The van der Waals surface area contributed by atoms with Crippen molar-refractivity contribution in [1.82, 2.24) is 9.55 Å². The minimum atomic E-state index is -1.60. The molecule has 5 rings (SSSR count). The highest BCUT2D eigenvalue weighted by Crippen LogP contribution is 2.46. The predicted octanol–water partition coefficient (Wildman–Crippen LogP) is 4.68. The molecule has 0 atom stereocenters. The lowest BCUT2D eigenvalue weighted by molar-refractivity contribution is -0.0473. The fourth-order valence-corrected chi connectivity index (χ4v) is 5.05. The number of thiazole rings is 1. The summed E-state index contributed by atoms with van der Waals surface area (Å²) in [5, 5.41) is 22.5. The molecule has 1 fully saturated rings. The highest BCUT2D eigenvalue weighted by molar-refractivity contribution is 7.15. The quantitative estimate of drug-likeness (QED) is 0.456. The first-order valence-electron chi connectivity index (χ1n) is 9.72. The second-order valence-corrected chi connectivity index (χ2v) is 8.49. The second-order valence-electron chi connectivity index (χ2n) is 7.43. The van der Waals surface area contributed by atoms with Crippen molar-refractivity contribution in [2.45, 2.75) is 31.6 Å². The maximum Gasteiger partial charge on any atom is 0.194 e. The van der Waals surface area contributed by atoms with Crippen molar-refractivity contribution < 1.29 is 14.9 Å². The minimum absolute atomic E-state index is 0.478. The van der Waals surface area contributed by atoms with Crippen LogP contribution in [0.4, 0.5) is 0 Å². The van der Waals surface area contributed by atoms with E-state index < -0.39 is 6.29 Å². The standard InChI is InChI=1S/C23H22N2O3S/c1-28-16-6-4-5-14(11-16)13-25-18-8-3-2-7-17(18)20(21(25)23(26)27)22-24-12-19(29-22)15-9-10-15/h2-8,11-12,15,23,26-27H,9-10,13H2,1H3. The Bertz CT molecular complexity index is 1170. The number of ether oxygens (including phenoxy) is 1. The Kier molecular flexibility index (Phi) is 4.62. The first-order valence-corrected chi connectivity index (χ1v) is 10.5. The van der Waals surface area contributed by atoms with Crippen LogP contribution < -0.4 is 4.74 Å². The number of benzene rings is 2. The summed E-state index contributed by atoms with van der Waals surface area (Å²) < 4.78 is 7.32. The zero-order chi connectivity index (χ0) is 20.0. The highest BCUT2D eigenvalue weighted by Gasteiger charge is 2.29. The number of rotatable bonds is 6. The molecule has 29 heavy (non-hydrogen) atoms. The van der Waals surface area contributed by atoms with E-state index in [-0.39, 0.29) is 0 Å². The van der Waals surface area contributed by atoms with Crippen LogP contribution in [0.2, 0.25) is 0 Å². The molecule has 2 heterocycles. The van der Waals surface area contributed by atoms with Crippen molar-refractivity contribution in [2.75, 3.05) is 7.11 Å². The van der Waals surface area contributed by atoms with Gasteiger partial charge in [-0.3, -0.25) is 0 Å². The van der Waals surface area contributed by atoms with E-state index in [4.69, 9.17) is 4.74 Å². The molecular formula is C23H22N2O3S. The Balaban J connectivity index is 1.69. The first-order chi connectivity index (χ1) is 14.2. The number of para-hydroxylation sites is 1. The summed E-state index contributed by atoms with van der Waals surface area (Å²) in [4.78, 5) is 5.93. The van der Waals surface area contributed by atoms with Gasteiger partial charge in [0.15, 0.2) is 6.29 Å². The molecule has 0 radical (unpaired) electrons. The Hall–Kier alpha value is -2.67. The number of methoxy groups -OCH3 is 1. The zero-order valence-corrected chi connectivity index (χ0v) is 16.9. The summed E-state index contributed by atoms with van der Waals surface area (Å²) in [6, 6.07) is 15.8. The van der Waals surface area contributed by atoms with E-state index in [1.54, 1.807) is 18.4 Å². The average Bonchev–Trinajstić information content (AvgIpc) is 3.38. The highest BCUT2D eigenvalue weighted by atomic mass is 32.1. The van der Waals surface area contributed by atoms with Gasteiger partial charge in [-0.05, 0) is 42.5 Å². The van der Waals surface area contributed by atoms with Crippen LogP contribution in [-0.2, 0) is 6.54 Å². The Morgan fingerprint density at radius 2 is 2.00 bits per heavy atom. The van der Waals surface area contributed by atoms with Crippen molar-refractivity contribution in [3.8, 4) is 16.3 Å². The lowest BCUT2D eigenvalue weighted by atomic mass is 10.1. The Morgan fingerprint density at radius 1 is 1.17 bits per heavy atom. The third-order valence-electron chi connectivity index (χ3n) is 5.45. The van der Waals surface area contributed by atoms with E-state index in [2.05, 4.69) is 4.98 Å². The van der Waals surface area contributed by atoms with Gasteiger partial charge in [-0.1, -0.05) is 30.3 Å². The number of nitrogens with zero attached hydrogens (tertiary/aromatic N) is 2. The molecule has 148 valence electrons. The summed E-state index contributed by atoms with van der Waals surface area (Å²) in [6.07, 6.45) is 2.78. The van der Waals surface area contributed by atoms with E-state index in [0.29, 0.717) is 18.2 Å². The van der Waals surface area contributed by atoms with Gasteiger partial charge in [0.25, 0.3) is 0 Å². The molecule has 0 unspecified atom stereocenters. The van der Waals surface area contributed by atoms with Gasteiger partial charge in [-0.2, -0.15) is 0 Å². The smallest absolute Gasteiger partial charge is 0.194 e. The molecule has 2 aromatic heterocycles. The van der Waals surface area contributed by atoms with Gasteiger partial charge in [0.05, 0.1) is 12.8 Å². The van der Waals surface area contributed by atoms with E-state index in [1.165, 1.54) is 17.7 Å². The number of hydrogen-bond acceptors (Lipinski definition) is 5. The molecule has 0 bridgehead atoms. The summed E-state index contributed by atoms with van der Waals surface area (Å²) in [5.41, 5.74) is 3.27. The predicted molar refractivity (Wildman–Crippen MR) is 114 cm³/mol. The Morgan fingerprint density at radius 3 is 2.76 bits per heavy atom. The molecule has 1 saturated carbocycles. The van der Waals surface area contributed by atoms with Crippen LogP contribution in [0.15, 0.2) is 54.7 Å². The van der Waals surface area contributed by atoms with Crippen LogP contribution in [-0.4, -0.2) is 26.9 Å². The third kappa shape index (κ3) is 3.33. The maximum absolute atomic E-state index is 10.3. The number of aromatic nitrogens is 2. The third-order valence-corrected chi connectivity index (χ3v) is 6.63. The molecule has 0 amide bonds. The van der Waals surface area contributed by atoms with Crippen molar-refractivity contribution in [3.05, 3.63) is 70.9 Å². The van der Waals surface area contributed by atoms with E-state index in [9.17, 15) is 10.2 Å². The maximum atomic E-state index is 10.3. The van der Waals surface area contributed by atoms with Gasteiger partial charge in [0.2, 0.25) is 0 Å². The monoisotopic (exact) mass is 406 g/mol. The molecule has 4 aromatic rings. The van der Waals surface area contributed by atoms with Crippen LogP contribution in [0.5, 0.6) is 5.75 Å². The van der Waals surface area contributed by atoms with E-state index in [1.807, 2.05) is 59.3 Å². The molecule has 0 saturated heterocycles. The molecule has 0 spiro atoms. The minimum Gasteiger partial charge on any atom is -0.497 e. The van der Waals surface area contributed by atoms with Crippen LogP contribution in [0, 0.1) is 0 Å². The van der Waals surface area contributed by atoms with Gasteiger partial charge in [-0.25, -0.2) is 4.98 Å². The van der Waals surface area contributed by atoms with Crippen LogP contribution >= 0.6 is 11.3 Å². The van der Waals surface area contributed by atoms with Crippen LogP contribution in [0.3, 0.4) is 0 Å². The second kappa shape index (κ2) is 7.30. The lowest BCUT2D eigenvalue weighted by Crippen LogP contribution is -2.09. The Labute approximate surface area is 172 Å². The van der Waals surface area contributed by atoms with Gasteiger partial charge in [-0.15, -0.1) is 11.3 Å². The lowest BCUT2D eigenvalue weighted by Gasteiger charge is -2.14. The number of fused-ring (bicyclic) bond motifs is 1. The molecule has 2 aromatic carbocycles. The topological polar surface area (TPSA) is 67.5 Å². The summed E-state index contributed by atoms with van der Waals surface area (Å²) >= 11 is 1.66. The average molecular weight is 407 g/mol. The molecule has 0 aliphatic heterocycles.